The van der Waals surface area contributed by atoms with Gasteiger partial charge in [0.1, 0.15) is 0 Å². The quantitative estimate of drug-likeness (QED) is 0.631. The monoisotopic (exact) mass is 429 g/mol. The third-order valence-electron chi connectivity index (χ3n) is 5.39. The van der Waals surface area contributed by atoms with Gasteiger partial charge in [0.2, 0.25) is 15.8 Å². The van der Waals surface area contributed by atoms with E-state index in [1.165, 1.54) is 22.7 Å². The van der Waals surface area contributed by atoms with Crippen LogP contribution in [0.5, 0.6) is 0 Å². The molecule has 1 fully saturated rings. The molecule has 0 radical (unpaired) electrons. The molecule has 3 aromatic rings. The first kappa shape index (κ1) is 20.4. The summed E-state index contributed by atoms with van der Waals surface area (Å²) in [6.45, 7) is 0. The first-order chi connectivity index (χ1) is 14.5. The van der Waals surface area contributed by atoms with E-state index in [-0.39, 0.29) is 22.4 Å². The minimum Gasteiger partial charge on any atom is -0.461 e. The van der Waals surface area contributed by atoms with Gasteiger partial charge in [0.25, 0.3) is 5.91 Å². The van der Waals surface area contributed by atoms with Gasteiger partial charge in [0.15, 0.2) is 17.8 Å². The van der Waals surface area contributed by atoms with Gasteiger partial charge in [-0.15, -0.1) is 0 Å². The van der Waals surface area contributed by atoms with Gasteiger partial charge in [-0.3, -0.25) is 4.79 Å². The molecule has 0 spiro atoms. The number of hydrogen-bond acceptors (Lipinski definition) is 6. The Kier molecular flexibility index (Phi) is 5.74. The number of sulfonamides is 1. The van der Waals surface area contributed by atoms with E-state index in [2.05, 4.69) is 10.3 Å². The number of amides is 1. The lowest BCUT2D eigenvalue weighted by molar-refractivity contribution is 0.102. The molecule has 2 aromatic heterocycles. The van der Waals surface area contributed by atoms with Crippen LogP contribution in [0.2, 0.25) is 0 Å². The zero-order chi connectivity index (χ0) is 21.1. The third kappa shape index (κ3) is 4.03. The summed E-state index contributed by atoms with van der Waals surface area (Å²) in [4.78, 5) is 16.8. The number of anilines is 1. The molecule has 1 saturated carbocycles. The Hall–Kier alpha value is -2.91. The Morgan fingerprint density at radius 2 is 1.93 bits per heavy atom. The number of nitrogens with one attached hydrogen (secondary N) is 1. The second kappa shape index (κ2) is 8.45. The standard InChI is InChI=1S/C21H23N3O5S/c1-24(16-8-3-2-4-9-16)30(26,27)17-10-5-7-15(13-17)23-21(25)19-20(29-14-22-19)18-11-6-12-28-18/h5-7,10-14,16H,2-4,8-9H2,1H3,(H,23,25). The fourth-order valence-electron chi connectivity index (χ4n) is 3.72. The van der Waals surface area contributed by atoms with Gasteiger partial charge in [-0.1, -0.05) is 25.3 Å². The van der Waals surface area contributed by atoms with E-state index in [9.17, 15) is 13.2 Å². The minimum absolute atomic E-state index is 0.00739. The SMILES string of the molecule is CN(C1CCCCC1)S(=O)(=O)c1cccc(NC(=O)c2ncoc2-c2ccco2)c1. The Morgan fingerprint density at radius 3 is 2.67 bits per heavy atom. The van der Waals surface area contributed by atoms with Crippen LogP contribution in [0.25, 0.3) is 11.5 Å². The first-order valence-corrected chi connectivity index (χ1v) is 11.3. The zero-order valence-corrected chi connectivity index (χ0v) is 17.4. The van der Waals surface area contributed by atoms with Crippen molar-refractivity contribution >= 4 is 21.6 Å². The van der Waals surface area contributed by atoms with Crippen molar-refractivity contribution < 1.29 is 22.0 Å². The predicted molar refractivity (Wildman–Crippen MR) is 110 cm³/mol. The van der Waals surface area contributed by atoms with Crippen molar-refractivity contribution in [2.45, 2.75) is 43.0 Å². The molecule has 30 heavy (non-hydrogen) atoms. The molecular weight excluding hydrogens is 406 g/mol. The molecule has 0 aliphatic heterocycles. The zero-order valence-electron chi connectivity index (χ0n) is 16.6. The summed E-state index contributed by atoms with van der Waals surface area (Å²) in [5.74, 6) is 0.0618. The molecule has 8 nitrogen and oxygen atoms in total. The summed E-state index contributed by atoms with van der Waals surface area (Å²) in [6.07, 6.45) is 7.59. The normalized spacial score (nSPS) is 15.4. The van der Waals surface area contributed by atoms with Crippen molar-refractivity contribution in [3.8, 4) is 11.5 Å². The Balaban J connectivity index is 1.54. The first-order valence-electron chi connectivity index (χ1n) is 9.83. The van der Waals surface area contributed by atoms with Gasteiger partial charge in [0, 0.05) is 18.8 Å². The highest BCUT2D eigenvalue weighted by Crippen LogP contribution is 2.28. The van der Waals surface area contributed by atoms with E-state index >= 15 is 0 Å². The van der Waals surface area contributed by atoms with Crippen LogP contribution in [0.3, 0.4) is 0 Å². The number of furan rings is 1. The summed E-state index contributed by atoms with van der Waals surface area (Å²) >= 11 is 0. The summed E-state index contributed by atoms with van der Waals surface area (Å²) < 4.78 is 38.2. The van der Waals surface area contributed by atoms with Crippen molar-refractivity contribution in [3.63, 3.8) is 0 Å². The lowest BCUT2D eigenvalue weighted by atomic mass is 9.96. The van der Waals surface area contributed by atoms with Gasteiger partial charge < -0.3 is 14.2 Å². The molecule has 1 aliphatic carbocycles. The molecule has 1 aromatic carbocycles. The number of rotatable bonds is 6. The van der Waals surface area contributed by atoms with Gasteiger partial charge in [-0.2, -0.15) is 4.31 Å². The van der Waals surface area contributed by atoms with Gasteiger partial charge >= 0.3 is 0 Å². The van der Waals surface area contributed by atoms with Gasteiger partial charge in [0.05, 0.1) is 11.2 Å². The van der Waals surface area contributed by atoms with E-state index in [1.54, 1.807) is 31.3 Å². The highest BCUT2D eigenvalue weighted by atomic mass is 32.2. The number of oxazole rings is 1. The highest BCUT2D eigenvalue weighted by Gasteiger charge is 2.29. The molecule has 158 valence electrons. The van der Waals surface area contributed by atoms with Gasteiger partial charge in [-0.05, 0) is 43.2 Å². The maximum atomic E-state index is 13.1. The van der Waals surface area contributed by atoms with Crippen molar-refractivity contribution in [2.24, 2.45) is 0 Å². The highest BCUT2D eigenvalue weighted by molar-refractivity contribution is 7.89. The van der Waals surface area contributed by atoms with E-state index in [4.69, 9.17) is 8.83 Å². The van der Waals surface area contributed by atoms with Crippen molar-refractivity contribution in [2.75, 3.05) is 12.4 Å². The van der Waals surface area contributed by atoms with Crippen LogP contribution in [-0.2, 0) is 10.0 Å². The lowest BCUT2D eigenvalue weighted by Gasteiger charge is -2.30. The van der Waals surface area contributed by atoms with Crippen LogP contribution in [-0.4, -0.2) is 36.7 Å². The van der Waals surface area contributed by atoms with Gasteiger partial charge in [-0.25, -0.2) is 13.4 Å². The molecule has 4 rings (SSSR count). The average Bonchev–Trinajstić information content (AvgIpc) is 3.45. The molecule has 1 N–H and O–H groups in total. The van der Waals surface area contributed by atoms with E-state index in [0.29, 0.717) is 11.4 Å². The summed E-state index contributed by atoms with van der Waals surface area (Å²) in [5.41, 5.74) is 0.407. The average molecular weight is 429 g/mol. The van der Waals surface area contributed by atoms with Crippen molar-refractivity contribution in [1.29, 1.82) is 0 Å². The molecule has 0 atom stereocenters. The van der Waals surface area contributed by atoms with E-state index in [0.717, 1.165) is 38.5 Å². The summed E-state index contributed by atoms with van der Waals surface area (Å²) in [7, 11) is -2.03. The largest absolute Gasteiger partial charge is 0.461 e. The molecule has 0 bridgehead atoms. The molecule has 2 heterocycles. The maximum Gasteiger partial charge on any atom is 0.278 e. The molecule has 0 unspecified atom stereocenters. The lowest BCUT2D eigenvalue weighted by Crippen LogP contribution is -2.38. The third-order valence-corrected chi connectivity index (χ3v) is 7.29. The Morgan fingerprint density at radius 1 is 1.13 bits per heavy atom. The number of nitrogens with zero attached hydrogens (tertiary/aromatic N) is 2. The fourth-order valence-corrected chi connectivity index (χ4v) is 5.18. The van der Waals surface area contributed by atoms with Crippen LogP contribution in [0.1, 0.15) is 42.6 Å². The van der Waals surface area contributed by atoms with Crippen molar-refractivity contribution in [3.05, 3.63) is 54.7 Å². The summed E-state index contributed by atoms with van der Waals surface area (Å²) in [6, 6.07) is 9.57. The molecule has 1 amide bonds. The maximum absolute atomic E-state index is 13.1. The van der Waals surface area contributed by atoms with Crippen LogP contribution in [0.4, 0.5) is 5.69 Å². The molecule has 9 heteroatoms. The fraction of sp³-hybridized carbons (Fsp3) is 0.333. The number of aromatic nitrogens is 1. The van der Waals surface area contributed by atoms with Crippen LogP contribution >= 0.6 is 0 Å². The van der Waals surface area contributed by atoms with Crippen LogP contribution in [0, 0.1) is 0 Å². The number of carbonyl (C=O) groups excluding carboxylic acids is 1. The summed E-state index contributed by atoms with van der Waals surface area (Å²) in [5, 5.41) is 2.69. The Labute approximate surface area is 174 Å². The van der Waals surface area contributed by atoms with Crippen LogP contribution in [0.15, 0.2) is 62.8 Å². The van der Waals surface area contributed by atoms with Crippen molar-refractivity contribution in [1.82, 2.24) is 9.29 Å². The molecule has 1 aliphatic rings. The molecular formula is C21H23N3O5S. The second-order valence-corrected chi connectivity index (χ2v) is 9.30. The Bertz CT molecular complexity index is 1120. The number of benzene rings is 1. The predicted octanol–water partition coefficient (Wildman–Crippen LogP) is 4.14. The van der Waals surface area contributed by atoms with E-state index < -0.39 is 15.9 Å². The van der Waals surface area contributed by atoms with Crippen LogP contribution < -0.4 is 5.32 Å². The number of hydrogen-bond donors (Lipinski definition) is 1. The molecule has 0 saturated heterocycles. The number of carbonyl (C=O) groups is 1. The smallest absolute Gasteiger partial charge is 0.278 e. The topological polar surface area (TPSA) is 106 Å². The second-order valence-electron chi connectivity index (χ2n) is 7.30. The minimum atomic E-state index is -3.66. The van der Waals surface area contributed by atoms with E-state index in [1.807, 2.05) is 0 Å².